The Morgan fingerprint density at radius 2 is 2.19 bits per heavy atom. The summed E-state index contributed by atoms with van der Waals surface area (Å²) < 4.78 is 7.09. The van der Waals surface area contributed by atoms with Gasteiger partial charge < -0.3 is 9.64 Å². The molecule has 21 heavy (non-hydrogen) atoms. The molecule has 2 aromatic rings. The molecule has 0 aliphatic heterocycles. The number of benzene rings is 1. The molecule has 0 aliphatic rings. The second kappa shape index (κ2) is 6.63. The van der Waals surface area contributed by atoms with Gasteiger partial charge in [0.25, 0.3) is 5.91 Å². The van der Waals surface area contributed by atoms with Crippen molar-refractivity contribution < 1.29 is 9.53 Å². The standard InChI is InChI=1S/C15H18ClN3O2/c1-4-19-12(7-8-17-19)10-18(2)15(20)13-9-11(16)5-6-14(13)21-3/h5-9H,4,10H2,1-3H3. The Kier molecular flexibility index (Phi) is 4.85. The van der Waals surface area contributed by atoms with Crippen LogP contribution in [0.25, 0.3) is 0 Å². The monoisotopic (exact) mass is 307 g/mol. The molecule has 0 atom stereocenters. The lowest BCUT2D eigenvalue weighted by Gasteiger charge is -2.19. The number of aryl methyl sites for hydroxylation is 1. The van der Waals surface area contributed by atoms with Crippen LogP contribution in [-0.4, -0.2) is 34.7 Å². The van der Waals surface area contributed by atoms with Gasteiger partial charge >= 0.3 is 0 Å². The van der Waals surface area contributed by atoms with Gasteiger partial charge in [-0.3, -0.25) is 9.48 Å². The van der Waals surface area contributed by atoms with Crippen LogP contribution in [-0.2, 0) is 13.1 Å². The number of rotatable bonds is 5. The van der Waals surface area contributed by atoms with E-state index < -0.39 is 0 Å². The maximum atomic E-state index is 12.6. The van der Waals surface area contributed by atoms with Crippen molar-refractivity contribution in [1.82, 2.24) is 14.7 Å². The third kappa shape index (κ3) is 3.36. The first-order valence-corrected chi connectivity index (χ1v) is 7.04. The van der Waals surface area contributed by atoms with Gasteiger partial charge in [-0.15, -0.1) is 0 Å². The van der Waals surface area contributed by atoms with E-state index in [9.17, 15) is 4.79 Å². The summed E-state index contributed by atoms with van der Waals surface area (Å²) in [5.74, 6) is 0.374. The van der Waals surface area contributed by atoms with Crippen molar-refractivity contribution in [2.45, 2.75) is 20.0 Å². The lowest BCUT2D eigenvalue weighted by Crippen LogP contribution is -2.27. The lowest BCUT2D eigenvalue weighted by molar-refractivity contribution is 0.0778. The van der Waals surface area contributed by atoms with Gasteiger partial charge in [0, 0.05) is 24.8 Å². The van der Waals surface area contributed by atoms with Gasteiger partial charge in [-0.1, -0.05) is 11.6 Å². The summed E-state index contributed by atoms with van der Waals surface area (Å²) in [6, 6.07) is 6.92. The molecule has 1 aromatic heterocycles. The molecule has 0 saturated carbocycles. The van der Waals surface area contributed by atoms with Crippen LogP contribution in [0.5, 0.6) is 5.75 Å². The molecule has 1 aromatic carbocycles. The average molecular weight is 308 g/mol. The van der Waals surface area contributed by atoms with E-state index in [2.05, 4.69) is 5.10 Å². The van der Waals surface area contributed by atoms with E-state index in [4.69, 9.17) is 16.3 Å². The quantitative estimate of drug-likeness (QED) is 0.853. The maximum Gasteiger partial charge on any atom is 0.257 e. The topological polar surface area (TPSA) is 47.4 Å². The molecule has 5 nitrogen and oxygen atoms in total. The fourth-order valence-corrected chi connectivity index (χ4v) is 2.32. The molecule has 0 fully saturated rings. The first kappa shape index (κ1) is 15.4. The minimum atomic E-state index is -0.141. The van der Waals surface area contributed by atoms with E-state index in [0.29, 0.717) is 22.9 Å². The maximum absolute atomic E-state index is 12.6. The third-order valence-electron chi connectivity index (χ3n) is 3.24. The zero-order chi connectivity index (χ0) is 15.4. The summed E-state index contributed by atoms with van der Waals surface area (Å²) in [7, 11) is 3.28. The van der Waals surface area contributed by atoms with Crippen molar-refractivity contribution in [3.8, 4) is 5.75 Å². The van der Waals surface area contributed by atoms with Crippen LogP contribution in [0.4, 0.5) is 0 Å². The zero-order valence-electron chi connectivity index (χ0n) is 12.3. The first-order valence-electron chi connectivity index (χ1n) is 6.66. The van der Waals surface area contributed by atoms with E-state index >= 15 is 0 Å². The van der Waals surface area contributed by atoms with E-state index in [-0.39, 0.29) is 5.91 Å². The van der Waals surface area contributed by atoms with Gasteiger partial charge in [-0.25, -0.2) is 0 Å². The van der Waals surface area contributed by atoms with Crippen LogP contribution < -0.4 is 4.74 Å². The highest BCUT2D eigenvalue weighted by Gasteiger charge is 2.18. The van der Waals surface area contributed by atoms with E-state index in [0.717, 1.165) is 12.2 Å². The van der Waals surface area contributed by atoms with Gasteiger partial charge in [-0.2, -0.15) is 5.10 Å². The number of methoxy groups -OCH3 is 1. The van der Waals surface area contributed by atoms with Crippen LogP contribution in [0.15, 0.2) is 30.5 Å². The fourth-order valence-electron chi connectivity index (χ4n) is 2.15. The molecule has 0 aliphatic carbocycles. The SMILES string of the molecule is CCn1nccc1CN(C)C(=O)c1cc(Cl)ccc1OC. The van der Waals surface area contributed by atoms with E-state index in [1.54, 1.807) is 36.3 Å². The third-order valence-corrected chi connectivity index (χ3v) is 3.48. The summed E-state index contributed by atoms with van der Waals surface area (Å²) in [6.07, 6.45) is 1.73. The molecule has 1 heterocycles. The van der Waals surface area contributed by atoms with E-state index in [1.807, 2.05) is 17.7 Å². The highest BCUT2D eigenvalue weighted by molar-refractivity contribution is 6.31. The minimum absolute atomic E-state index is 0.141. The molecule has 0 bridgehead atoms. The highest BCUT2D eigenvalue weighted by atomic mass is 35.5. The van der Waals surface area contributed by atoms with Crippen LogP contribution in [0, 0.1) is 0 Å². The number of amides is 1. The number of halogens is 1. The number of ether oxygens (including phenoxy) is 1. The van der Waals surface area contributed by atoms with Crippen molar-refractivity contribution in [3.05, 3.63) is 46.7 Å². The number of carbonyl (C=O) groups is 1. The molecule has 0 unspecified atom stereocenters. The number of aromatic nitrogens is 2. The Labute approximate surface area is 129 Å². The Bertz CT molecular complexity index is 640. The van der Waals surface area contributed by atoms with Crippen LogP contribution >= 0.6 is 11.6 Å². The van der Waals surface area contributed by atoms with Crippen molar-refractivity contribution in [3.63, 3.8) is 0 Å². The highest BCUT2D eigenvalue weighted by Crippen LogP contribution is 2.24. The van der Waals surface area contributed by atoms with Crippen molar-refractivity contribution in [1.29, 1.82) is 0 Å². The first-order chi connectivity index (χ1) is 10.1. The Morgan fingerprint density at radius 1 is 1.43 bits per heavy atom. The number of hydrogen-bond acceptors (Lipinski definition) is 3. The van der Waals surface area contributed by atoms with Crippen molar-refractivity contribution in [2.24, 2.45) is 0 Å². The predicted octanol–water partition coefficient (Wildman–Crippen LogP) is 2.84. The molecule has 0 saturated heterocycles. The number of nitrogens with zero attached hydrogens (tertiary/aromatic N) is 3. The van der Waals surface area contributed by atoms with Gasteiger partial charge in [0.1, 0.15) is 5.75 Å². The normalized spacial score (nSPS) is 10.5. The van der Waals surface area contributed by atoms with Crippen LogP contribution in [0.3, 0.4) is 0 Å². The Hall–Kier alpha value is -2.01. The predicted molar refractivity (Wildman–Crippen MR) is 81.7 cm³/mol. The largest absolute Gasteiger partial charge is 0.496 e. The Balaban J connectivity index is 2.21. The Morgan fingerprint density at radius 3 is 2.86 bits per heavy atom. The smallest absolute Gasteiger partial charge is 0.257 e. The summed E-state index contributed by atoms with van der Waals surface area (Å²) in [6.45, 7) is 3.26. The van der Waals surface area contributed by atoms with Crippen molar-refractivity contribution in [2.75, 3.05) is 14.2 Å². The van der Waals surface area contributed by atoms with Crippen LogP contribution in [0.2, 0.25) is 5.02 Å². The lowest BCUT2D eigenvalue weighted by atomic mass is 10.1. The van der Waals surface area contributed by atoms with Gasteiger partial charge in [-0.05, 0) is 31.2 Å². The molecular weight excluding hydrogens is 290 g/mol. The molecule has 0 N–H and O–H groups in total. The van der Waals surface area contributed by atoms with Gasteiger partial charge in [0.2, 0.25) is 0 Å². The fraction of sp³-hybridized carbons (Fsp3) is 0.333. The summed E-state index contributed by atoms with van der Waals surface area (Å²) >= 11 is 5.97. The van der Waals surface area contributed by atoms with Crippen LogP contribution in [0.1, 0.15) is 23.0 Å². The molecule has 112 valence electrons. The average Bonchev–Trinajstić information content (AvgIpc) is 2.93. The molecule has 0 radical (unpaired) electrons. The van der Waals surface area contributed by atoms with E-state index in [1.165, 1.54) is 7.11 Å². The molecule has 0 spiro atoms. The summed E-state index contributed by atoms with van der Waals surface area (Å²) in [5, 5.41) is 4.71. The molecule has 6 heteroatoms. The number of carbonyl (C=O) groups excluding carboxylic acids is 1. The van der Waals surface area contributed by atoms with Crippen molar-refractivity contribution >= 4 is 17.5 Å². The van der Waals surface area contributed by atoms with Gasteiger partial charge in [0.15, 0.2) is 0 Å². The molecule has 2 rings (SSSR count). The number of hydrogen-bond donors (Lipinski definition) is 0. The second-order valence-electron chi connectivity index (χ2n) is 4.64. The van der Waals surface area contributed by atoms with Gasteiger partial charge in [0.05, 0.1) is 24.9 Å². The zero-order valence-corrected chi connectivity index (χ0v) is 13.1. The summed E-state index contributed by atoms with van der Waals surface area (Å²) in [5.41, 5.74) is 1.43. The minimum Gasteiger partial charge on any atom is -0.496 e. The second-order valence-corrected chi connectivity index (χ2v) is 5.08. The summed E-state index contributed by atoms with van der Waals surface area (Å²) in [4.78, 5) is 14.2. The molecular formula is C15H18ClN3O2. The molecule has 1 amide bonds.